The van der Waals surface area contributed by atoms with Crippen LogP contribution in [0.1, 0.15) is 20.8 Å². The number of aliphatic hydroxyl groups excluding tert-OH is 1. The maximum absolute atomic E-state index is 11.3. The van der Waals surface area contributed by atoms with Gasteiger partial charge in [0.15, 0.2) is 0 Å². The molecule has 1 saturated heterocycles. The van der Waals surface area contributed by atoms with Crippen molar-refractivity contribution >= 4 is 6.09 Å². The predicted molar refractivity (Wildman–Crippen MR) is 54.6 cm³/mol. The van der Waals surface area contributed by atoms with E-state index in [2.05, 4.69) is 5.32 Å². The number of aliphatic hydroxyl groups is 1. The molecule has 0 aromatic heterocycles. The van der Waals surface area contributed by atoms with Crippen LogP contribution >= 0.6 is 0 Å². The molecule has 5 nitrogen and oxygen atoms in total. The smallest absolute Gasteiger partial charge is 0.407 e. The van der Waals surface area contributed by atoms with Crippen LogP contribution in [0.2, 0.25) is 0 Å². The third kappa shape index (κ3) is 4.48. The molecule has 0 radical (unpaired) electrons. The molecular formula is C10H19NO4. The fourth-order valence-corrected chi connectivity index (χ4v) is 1.31. The zero-order chi connectivity index (χ0) is 11.5. The standard InChI is InChI=1S/C10H19NO4/c1-10(2,3)15-9(13)11-4-7-5-14-6-8(7)12/h7-8,12H,4-6H2,1-3H3,(H,11,13)/t7-,8-/m1/s1. The molecule has 5 heteroatoms. The first-order chi connectivity index (χ1) is 6.88. The molecule has 1 heterocycles. The number of nitrogens with one attached hydrogen (secondary N) is 1. The molecular weight excluding hydrogens is 198 g/mol. The van der Waals surface area contributed by atoms with E-state index >= 15 is 0 Å². The SMILES string of the molecule is CC(C)(C)OC(=O)NC[C@@H]1COC[C@H]1O. The van der Waals surface area contributed by atoms with Gasteiger partial charge in [-0.05, 0) is 20.8 Å². The maximum atomic E-state index is 11.3. The molecule has 0 spiro atoms. The van der Waals surface area contributed by atoms with E-state index in [0.29, 0.717) is 19.8 Å². The molecule has 2 N–H and O–H groups in total. The summed E-state index contributed by atoms with van der Waals surface area (Å²) in [5.74, 6) is -0.0301. The van der Waals surface area contributed by atoms with Gasteiger partial charge in [0.25, 0.3) is 0 Å². The quantitative estimate of drug-likeness (QED) is 0.707. The number of rotatable bonds is 2. The molecule has 0 aliphatic carbocycles. The molecule has 15 heavy (non-hydrogen) atoms. The molecule has 0 bridgehead atoms. The normalized spacial score (nSPS) is 26.4. The van der Waals surface area contributed by atoms with Crippen LogP contribution in [0.25, 0.3) is 0 Å². The van der Waals surface area contributed by atoms with Gasteiger partial charge in [0.2, 0.25) is 0 Å². The largest absolute Gasteiger partial charge is 0.444 e. The Morgan fingerprint density at radius 3 is 2.67 bits per heavy atom. The lowest BCUT2D eigenvalue weighted by Crippen LogP contribution is -2.37. The number of ether oxygens (including phenoxy) is 2. The Bertz CT molecular complexity index is 224. The highest BCUT2D eigenvalue weighted by Gasteiger charge is 2.27. The second-order valence-electron chi connectivity index (χ2n) is 4.75. The first-order valence-corrected chi connectivity index (χ1v) is 5.11. The van der Waals surface area contributed by atoms with Gasteiger partial charge in [-0.15, -0.1) is 0 Å². The first-order valence-electron chi connectivity index (χ1n) is 5.11. The lowest BCUT2D eigenvalue weighted by molar-refractivity contribution is 0.0505. The fraction of sp³-hybridized carbons (Fsp3) is 0.900. The Hall–Kier alpha value is -0.810. The average molecular weight is 217 g/mol. The van der Waals surface area contributed by atoms with Crippen molar-refractivity contribution in [3.63, 3.8) is 0 Å². The highest BCUT2D eigenvalue weighted by molar-refractivity contribution is 5.67. The predicted octanol–water partition coefficient (Wildman–Crippen LogP) is 0.518. The van der Waals surface area contributed by atoms with Crippen molar-refractivity contribution in [3.05, 3.63) is 0 Å². The van der Waals surface area contributed by atoms with E-state index in [4.69, 9.17) is 9.47 Å². The number of hydrogen-bond donors (Lipinski definition) is 2. The molecule has 1 rings (SSSR count). The first kappa shape index (κ1) is 12.3. The van der Waals surface area contributed by atoms with E-state index in [9.17, 15) is 9.90 Å². The van der Waals surface area contributed by atoms with E-state index < -0.39 is 17.8 Å². The highest BCUT2D eigenvalue weighted by Crippen LogP contribution is 2.12. The number of hydrogen-bond acceptors (Lipinski definition) is 4. The van der Waals surface area contributed by atoms with E-state index in [1.165, 1.54) is 0 Å². The summed E-state index contributed by atoms with van der Waals surface area (Å²) in [7, 11) is 0. The topological polar surface area (TPSA) is 67.8 Å². The fourth-order valence-electron chi connectivity index (χ4n) is 1.31. The molecule has 1 aliphatic heterocycles. The number of carbonyl (C=O) groups is 1. The molecule has 1 amide bonds. The Labute approximate surface area is 89.8 Å². The summed E-state index contributed by atoms with van der Waals surface area (Å²) >= 11 is 0. The van der Waals surface area contributed by atoms with Crippen molar-refractivity contribution < 1.29 is 19.4 Å². The molecule has 0 unspecified atom stereocenters. The zero-order valence-corrected chi connectivity index (χ0v) is 9.45. The molecule has 0 aromatic carbocycles. The van der Waals surface area contributed by atoms with Crippen molar-refractivity contribution in [2.45, 2.75) is 32.5 Å². The van der Waals surface area contributed by atoms with Crippen LogP contribution in [-0.2, 0) is 9.47 Å². The van der Waals surface area contributed by atoms with E-state index in [1.807, 2.05) is 0 Å². The summed E-state index contributed by atoms with van der Waals surface area (Å²) in [4.78, 5) is 11.3. The number of carbonyl (C=O) groups excluding carboxylic acids is 1. The van der Waals surface area contributed by atoms with E-state index in [0.717, 1.165) is 0 Å². The Balaban J connectivity index is 2.22. The van der Waals surface area contributed by atoms with Crippen LogP contribution in [0.4, 0.5) is 4.79 Å². The van der Waals surface area contributed by atoms with Crippen LogP contribution in [0.5, 0.6) is 0 Å². The minimum absolute atomic E-state index is 0.0301. The van der Waals surface area contributed by atoms with Crippen molar-refractivity contribution in [2.75, 3.05) is 19.8 Å². The number of amides is 1. The third-order valence-corrected chi connectivity index (χ3v) is 2.07. The molecule has 0 aromatic rings. The van der Waals surface area contributed by atoms with Crippen LogP contribution in [0, 0.1) is 5.92 Å². The van der Waals surface area contributed by atoms with E-state index in [1.54, 1.807) is 20.8 Å². The van der Waals surface area contributed by atoms with Crippen molar-refractivity contribution in [3.8, 4) is 0 Å². The van der Waals surface area contributed by atoms with Crippen molar-refractivity contribution in [1.29, 1.82) is 0 Å². The second kappa shape index (κ2) is 4.81. The van der Waals surface area contributed by atoms with Crippen molar-refractivity contribution in [1.82, 2.24) is 5.32 Å². The summed E-state index contributed by atoms with van der Waals surface area (Å²) in [5.41, 5.74) is -0.491. The lowest BCUT2D eigenvalue weighted by atomic mass is 10.1. The summed E-state index contributed by atoms with van der Waals surface area (Å²) in [6.45, 7) is 6.63. The highest BCUT2D eigenvalue weighted by atomic mass is 16.6. The monoisotopic (exact) mass is 217 g/mol. The molecule has 0 saturated carbocycles. The zero-order valence-electron chi connectivity index (χ0n) is 9.45. The van der Waals surface area contributed by atoms with Gasteiger partial charge in [-0.25, -0.2) is 4.79 Å². The minimum atomic E-state index is -0.491. The summed E-state index contributed by atoms with van der Waals surface area (Å²) in [6, 6.07) is 0. The molecule has 1 fully saturated rings. The minimum Gasteiger partial charge on any atom is -0.444 e. The lowest BCUT2D eigenvalue weighted by Gasteiger charge is -2.21. The van der Waals surface area contributed by atoms with Gasteiger partial charge >= 0.3 is 6.09 Å². The van der Waals surface area contributed by atoms with Crippen LogP contribution in [-0.4, -0.2) is 42.7 Å². The van der Waals surface area contributed by atoms with Crippen LogP contribution in [0.15, 0.2) is 0 Å². The van der Waals surface area contributed by atoms with Gasteiger partial charge < -0.3 is 19.9 Å². The summed E-state index contributed by atoms with van der Waals surface area (Å²) in [5, 5.41) is 12.0. The van der Waals surface area contributed by atoms with Crippen LogP contribution < -0.4 is 5.32 Å². The van der Waals surface area contributed by atoms with Crippen molar-refractivity contribution in [2.24, 2.45) is 5.92 Å². The van der Waals surface area contributed by atoms with Gasteiger partial charge in [-0.2, -0.15) is 0 Å². The average Bonchev–Trinajstić information content (AvgIpc) is 2.44. The van der Waals surface area contributed by atoms with Crippen LogP contribution in [0.3, 0.4) is 0 Å². The second-order valence-corrected chi connectivity index (χ2v) is 4.75. The van der Waals surface area contributed by atoms with Gasteiger partial charge in [0.05, 0.1) is 19.3 Å². The Morgan fingerprint density at radius 1 is 1.53 bits per heavy atom. The molecule has 1 aliphatic rings. The van der Waals surface area contributed by atoms with E-state index in [-0.39, 0.29) is 5.92 Å². The molecule has 2 atom stereocenters. The Kier molecular flexibility index (Phi) is 3.93. The van der Waals surface area contributed by atoms with Gasteiger partial charge in [0.1, 0.15) is 5.60 Å². The maximum Gasteiger partial charge on any atom is 0.407 e. The summed E-state index contributed by atoms with van der Waals surface area (Å²) < 4.78 is 10.1. The molecule has 88 valence electrons. The van der Waals surface area contributed by atoms with Gasteiger partial charge in [-0.1, -0.05) is 0 Å². The Morgan fingerprint density at radius 2 is 2.20 bits per heavy atom. The van der Waals surface area contributed by atoms with Gasteiger partial charge in [-0.3, -0.25) is 0 Å². The summed E-state index contributed by atoms with van der Waals surface area (Å²) in [6.07, 6.45) is -0.943. The third-order valence-electron chi connectivity index (χ3n) is 2.07. The van der Waals surface area contributed by atoms with Gasteiger partial charge in [0, 0.05) is 12.5 Å². The number of alkyl carbamates (subject to hydrolysis) is 1.